The molecule has 3 nitrogen and oxygen atoms in total. The lowest BCUT2D eigenvalue weighted by Crippen LogP contribution is -2.42. The Morgan fingerprint density at radius 2 is 1.61 bits per heavy atom. The van der Waals surface area contributed by atoms with Gasteiger partial charge in [-0.05, 0) is 46.9 Å². The van der Waals surface area contributed by atoms with Crippen molar-refractivity contribution in [2.45, 2.75) is 23.7 Å². The molecule has 7 heteroatoms. The second-order valence-electron chi connectivity index (χ2n) is 4.21. The fraction of sp³-hybridized carbons (Fsp3) is 0.455. The van der Waals surface area contributed by atoms with Gasteiger partial charge in [-0.1, -0.05) is 0 Å². The fourth-order valence-corrected chi connectivity index (χ4v) is 3.61. The van der Waals surface area contributed by atoms with Crippen LogP contribution < -0.4 is 0 Å². The Morgan fingerprint density at radius 1 is 1.11 bits per heavy atom. The number of hydrogen-bond acceptors (Lipinski definition) is 2. The first-order valence-electron chi connectivity index (χ1n) is 5.45. The van der Waals surface area contributed by atoms with Crippen LogP contribution >= 0.6 is 22.6 Å². The van der Waals surface area contributed by atoms with Crippen molar-refractivity contribution in [3.05, 3.63) is 27.8 Å². The van der Waals surface area contributed by atoms with Crippen molar-refractivity contribution in [3.63, 3.8) is 0 Å². The number of halogens is 3. The summed E-state index contributed by atoms with van der Waals surface area (Å²) in [7, 11) is -3.63. The zero-order chi connectivity index (χ0) is 13.4. The molecule has 2 rings (SSSR count). The van der Waals surface area contributed by atoms with E-state index in [1.807, 2.05) is 0 Å². The normalized spacial score (nSPS) is 20.8. The summed E-state index contributed by atoms with van der Waals surface area (Å²) in [5, 5.41) is 0. The van der Waals surface area contributed by atoms with Gasteiger partial charge in [0.25, 0.3) is 5.92 Å². The second kappa shape index (κ2) is 5.01. The second-order valence-corrected chi connectivity index (χ2v) is 7.40. The Hall–Kier alpha value is -0.280. The molecule has 0 bridgehead atoms. The van der Waals surface area contributed by atoms with E-state index in [4.69, 9.17) is 0 Å². The summed E-state index contributed by atoms with van der Waals surface area (Å²) >= 11 is 2.08. The van der Waals surface area contributed by atoms with E-state index in [-0.39, 0.29) is 18.0 Å². The lowest BCUT2D eigenvalue weighted by Gasteiger charge is -2.30. The Bertz CT molecular complexity index is 520. The van der Waals surface area contributed by atoms with Crippen LogP contribution in [-0.2, 0) is 10.0 Å². The van der Waals surface area contributed by atoms with Gasteiger partial charge in [0.05, 0.1) is 4.90 Å². The van der Waals surface area contributed by atoms with Gasteiger partial charge in [0.1, 0.15) is 0 Å². The van der Waals surface area contributed by atoms with Crippen LogP contribution in [-0.4, -0.2) is 31.7 Å². The predicted molar refractivity (Wildman–Crippen MR) is 72.1 cm³/mol. The van der Waals surface area contributed by atoms with Crippen molar-refractivity contribution >= 4 is 32.6 Å². The van der Waals surface area contributed by atoms with Crippen LogP contribution in [0, 0.1) is 3.57 Å². The number of piperidine rings is 1. The van der Waals surface area contributed by atoms with Crippen molar-refractivity contribution in [1.82, 2.24) is 4.31 Å². The van der Waals surface area contributed by atoms with Crippen molar-refractivity contribution in [2.24, 2.45) is 0 Å². The number of rotatable bonds is 2. The average molecular weight is 387 g/mol. The van der Waals surface area contributed by atoms with Gasteiger partial charge in [0.2, 0.25) is 10.0 Å². The van der Waals surface area contributed by atoms with E-state index in [9.17, 15) is 17.2 Å². The van der Waals surface area contributed by atoms with E-state index < -0.39 is 28.8 Å². The minimum Gasteiger partial charge on any atom is -0.207 e. The van der Waals surface area contributed by atoms with Gasteiger partial charge in [-0.3, -0.25) is 0 Å². The Morgan fingerprint density at radius 3 is 2.11 bits per heavy atom. The first-order valence-corrected chi connectivity index (χ1v) is 7.97. The fourth-order valence-electron chi connectivity index (χ4n) is 1.81. The van der Waals surface area contributed by atoms with Crippen LogP contribution in [0.15, 0.2) is 29.2 Å². The number of benzene rings is 1. The van der Waals surface area contributed by atoms with Gasteiger partial charge in [-0.2, -0.15) is 4.31 Å². The lowest BCUT2D eigenvalue weighted by molar-refractivity contribution is -0.0412. The maximum atomic E-state index is 13.0. The molecule has 0 N–H and O–H groups in total. The first-order chi connectivity index (χ1) is 8.31. The van der Waals surface area contributed by atoms with Gasteiger partial charge in [0, 0.05) is 29.5 Å². The van der Waals surface area contributed by atoms with Gasteiger partial charge < -0.3 is 0 Å². The monoisotopic (exact) mass is 387 g/mol. The van der Waals surface area contributed by atoms with Crippen molar-refractivity contribution in [1.29, 1.82) is 0 Å². The molecule has 100 valence electrons. The summed E-state index contributed by atoms with van der Waals surface area (Å²) < 4.78 is 52.4. The maximum Gasteiger partial charge on any atom is 0.250 e. The molecule has 0 aromatic heterocycles. The number of sulfonamides is 1. The molecule has 0 radical (unpaired) electrons. The highest BCUT2D eigenvalue weighted by Crippen LogP contribution is 2.30. The van der Waals surface area contributed by atoms with E-state index in [2.05, 4.69) is 22.6 Å². The van der Waals surface area contributed by atoms with Crippen LogP contribution in [0.3, 0.4) is 0 Å². The van der Waals surface area contributed by atoms with E-state index in [1.165, 1.54) is 12.1 Å². The highest BCUT2D eigenvalue weighted by molar-refractivity contribution is 14.1. The van der Waals surface area contributed by atoms with Crippen molar-refractivity contribution in [2.75, 3.05) is 13.1 Å². The van der Waals surface area contributed by atoms with Crippen LogP contribution in [0.4, 0.5) is 8.78 Å². The molecule has 1 aromatic carbocycles. The van der Waals surface area contributed by atoms with Crippen LogP contribution in [0.25, 0.3) is 0 Å². The molecule has 0 spiro atoms. The topological polar surface area (TPSA) is 37.4 Å². The summed E-state index contributed by atoms with van der Waals surface area (Å²) in [4.78, 5) is 0.160. The van der Waals surface area contributed by atoms with Gasteiger partial charge >= 0.3 is 0 Å². The standard InChI is InChI=1S/C11H12F2INO2S/c12-11(13)5-7-15(8-6-11)18(16,17)10-3-1-9(14)2-4-10/h1-4H,5-8H2. The molecule has 1 aromatic rings. The molecule has 18 heavy (non-hydrogen) atoms. The minimum absolute atomic E-state index is 0.124. The molecule has 1 saturated heterocycles. The molecule has 0 unspecified atom stereocenters. The minimum atomic E-state index is -3.63. The number of alkyl halides is 2. The smallest absolute Gasteiger partial charge is 0.207 e. The molecular formula is C11H12F2INO2S. The molecule has 0 amide bonds. The predicted octanol–water partition coefficient (Wildman–Crippen LogP) is 2.71. The summed E-state index contributed by atoms with van der Waals surface area (Å²) in [5.74, 6) is -2.74. The SMILES string of the molecule is O=S(=O)(c1ccc(I)cc1)N1CCC(F)(F)CC1. The van der Waals surface area contributed by atoms with Gasteiger partial charge in [0.15, 0.2) is 0 Å². The Labute approximate surface area is 118 Å². The number of hydrogen-bond donors (Lipinski definition) is 0. The number of nitrogens with zero attached hydrogens (tertiary/aromatic N) is 1. The van der Waals surface area contributed by atoms with Crippen LogP contribution in [0.5, 0.6) is 0 Å². The molecule has 0 atom stereocenters. The lowest BCUT2D eigenvalue weighted by atomic mass is 10.1. The third-order valence-corrected chi connectivity index (χ3v) is 5.54. The van der Waals surface area contributed by atoms with Crippen molar-refractivity contribution < 1.29 is 17.2 Å². The zero-order valence-electron chi connectivity index (χ0n) is 9.44. The van der Waals surface area contributed by atoms with E-state index >= 15 is 0 Å². The largest absolute Gasteiger partial charge is 0.250 e. The summed E-state index contributed by atoms with van der Waals surface area (Å²) in [6.07, 6.45) is -0.812. The highest BCUT2D eigenvalue weighted by Gasteiger charge is 2.38. The Balaban J connectivity index is 2.20. The first kappa shape index (κ1) is 14.1. The average Bonchev–Trinajstić information content (AvgIpc) is 2.29. The molecule has 1 heterocycles. The third kappa shape index (κ3) is 3.00. The Kier molecular flexibility index (Phi) is 3.93. The van der Waals surface area contributed by atoms with Crippen LogP contribution in [0.2, 0.25) is 0 Å². The summed E-state index contributed by atoms with van der Waals surface area (Å²) in [6, 6.07) is 6.38. The zero-order valence-corrected chi connectivity index (χ0v) is 12.4. The maximum absolute atomic E-state index is 13.0. The summed E-state index contributed by atoms with van der Waals surface area (Å²) in [6.45, 7) is -0.247. The molecule has 1 fully saturated rings. The quantitative estimate of drug-likeness (QED) is 0.732. The van der Waals surface area contributed by atoms with Gasteiger partial charge in [-0.15, -0.1) is 0 Å². The molecular weight excluding hydrogens is 375 g/mol. The van der Waals surface area contributed by atoms with Gasteiger partial charge in [-0.25, -0.2) is 17.2 Å². The van der Waals surface area contributed by atoms with E-state index in [1.54, 1.807) is 12.1 Å². The summed E-state index contributed by atoms with van der Waals surface area (Å²) in [5.41, 5.74) is 0. The highest BCUT2D eigenvalue weighted by atomic mass is 127. The molecule has 0 aliphatic carbocycles. The van der Waals surface area contributed by atoms with Crippen molar-refractivity contribution in [3.8, 4) is 0 Å². The third-order valence-electron chi connectivity index (χ3n) is 2.91. The molecule has 0 saturated carbocycles. The van der Waals surface area contributed by atoms with E-state index in [0.717, 1.165) is 7.88 Å². The van der Waals surface area contributed by atoms with E-state index in [0.29, 0.717) is 0 Å². The molecule has 1 aliphatic heterocycles. The van der Waals surface area contributed by atoms with Crippen LogP contribution in [0.1, 0.15) is 12.8 Å². The molecule has 1 aliphatic rings.